The van der Waals surface area contributed by atoms with Crippen LogP contribution >= 0.6 is 0 Å². The Hall–Kier alpha value is -2.34. The summed E-state index contributed by atoms with van der Waals surface area (Å²) in [6, 6.07) is 9.88. The molecule has 1 atom stereocenters. The molecule has 0 saturated heterocycles. The quantitative estimate of drug-likeness (QED) is 0.627. The summed E-state index contributed by atoms with van der Waals surface area (Å²) in [4.78, 5) is 10.6. The number of nitrogens with one attached hydrogen (secondary N) is 2. The number of hydrogen-bond donors (Lipinski definition) is 2. The fourth-order valence-electron chi connectivity index (χ4n) is 2.11. The molecule has 2 aromatic heterocycles. The van der Waals surface area contributed by atoms with E-state index in [4.69, 9.17) is 4.42 Å². The molecule has 0 amide bonds. The van der Waals surface area contributed by atoms with E-state index in [2.05, 4.69) is 25.5 Å². The zero-order chi connectivity index (χ0) is 15.8. The van der Waals surface area contributed by atoms with Gasteiger partial charge in [-0.2, -0.15) is 0 Å². The second-order valence-corrected chi connectivity index (χ2v) is 5.12. The van der Waals surface area contributed by atoms with Gasteiger partial charge < -0.3 is 15.1 Å². The molecular formula is C16H23N5O. The van der Waals surface area contributed by atoms with E-state index in [9.17, 15) is 0 Å². The van der Waals surface area contributed by atoms with E-state index in [1.807, 2.05) is 44.4 Å². The van der Waals surface area contributed by atoms with Gasteiger partial charge in [0.25, 0.3) is 0 Å². The Morgan fingerprint density at radius 2 is 2.14 bits per heavy atom. The van der Waals surface area contributed by atoms with Gasteiger partial charge in [-0.25, -0.2) is 0 Å². The summed E-state index contributed by atoms with van der Waals surface area (Å²) in [5, 5.41) is 6.57. The van der Waals surface area contributed by atoms with Gasteiger partial charge in [0.1, 0.15) is 5.76 Å². The fraction of sp³-hybridized carbons (Fsp3) is 0.375. The maximum absolute atomic E-state index is 5.50. The molecule has 22 heavy (non-hydrogen) atoms. The van der Waals surface area contributed by atoms with E-state index >= 15 is 0 Å². The van der Waals surface area contributed by atoms with Crippen molar-refractivity contribution >= 4 is 5.96 Å². The zero-order valence-electron chi connectivity index (χ0n) is 13.3. The molecule has 2 rings (SSSR count). The van der Waals surface area contributed by atoms with Crippen molar-refractivity contribution in [2.45, 2.75) is 12.6 Å². The summed E-state index contributed by atoms with van der Waals surface area (Å²) in [6.07, 6.45) is 3.48. The maximum Gasteiger partial charge on any atom is 0.191 e. The Morgan fingerprint density at radius 1 is 1.27 bits per heavy atom. The number of aromatic nitrogens is 1. The van der Waals surface area contributed by atoms with Crippen molar-refractivity contribution in [3.8, 4) is 0 Å². The van der Waals surface area contributed by atoms with Crippen molar-refractivity contribution in [3.63, 3.8) is 0 Å². The lowest BCUT2D eigenvalue weighted by Gasteiger charge is -2.23. The molecule has 1 unspecified atom stereocenters. The van der Waals surface area contributed by atoms with E-state index in [1.165, 1.54) is 0 Å². The number of aliphatic imine (C=N–C) groups is 1. The average molecular weight is 301 g/mol. The minimum absolute atomic E-state index is 0.142. The molecular weight excluding hydrogens is 278 g/mol. The number of rotatable bonds is 6. The molecule has 0 bridgehead atoms. The smallest absolute Gasteiger partial charge is 0.191 e. The predicted octanol–water partition coefficient (Wildman–Crippen LogP) is 1.64. The normalized spacial score (nSPS) is 13.2. The topological polar surface area (TPSA) is 65.7 Å². The largest absolute Gasteiger partial charge is 0.468 e. The van der Waals surface area contributed by atoms with E-state index in [0.29, 0.717) is 13.1 Å². The zero-order valence-corrected chi connectivity index (χ0v) is 13.3. The van der Waals surface area contributed by atoms with Crippen LogP contribution in [0.2, 0.25) is 0 Å². The first-order valence-electron chi connectivity index (χ1n) is 7.25. The van der Waals surface area contributed by atoms with Gasteiger partial charge >= 0.3 is 0 Å². The summed E-state index contributed by atoms with van der Waals surface area (Å²) >= 11 is 0. The van der Waals surface area contributed by atoms with Crippen LogP contribution in [0.5, 0.6) is 0 Å². The summed E-state index contributed by atoms with van der Waals surface area (Å²) < 4.78 is 5.50. The van der Waals surface area contributed by atoms with Crippen LogP contribution in [0.3, 0.4) is 0 Å². The summed E-state index contributed by atoms with van der Waals surface area (Å²) in [5.74, 6) is 1.67. The first kappa shape index (κ1) is 16.0. The molecule has 0 aromatic carbocycles. The van der Waals surface area contributed by atoms with Crippen LogP contribution in [-0.4, -0.2) is 43.5 Å². The number of likely N-dealkylation sites (N-methyl/N-ethyl adjacent to an activating group) is 1. The highest BCUT2D eigenvalue weighted by Gasteiger charge is 2.17. The highest BCUT2D eigenvalue weighted by Crippen LogP contribution is 2.17. The Kier molecular flexibility index (Phi) is 5.97. The molecule has 6 nitrogen and oxygen atoms in total. The van der Waals surface area contributed by atoms with Gasteiger partial charge in [-0.15, -0.1) is 0 Å². The number of furan rings is 1. The highest BCUT2D eigenvalue weighted by molar-refractivity contribution is 5.79. The van der Waals surface area contributed by atoms with Crippen LogP contribution in [0.15, 0.2) is 52.2 Å². The molecule has 0 aliphatic carbocycles. The minimum atomic E-state index is 0.142. The Bertz CT molecular complexity index is 565. The lowest BCUT2D eigenvalue weighted by atomic mass is 10.2. The number of nitrogens with zero attached hydrogens (tertiary/aromatic N) is 3. The highest BCUT2D eigenvalue weighted by atomic mass is 16.3. The van der Waals surface area contributed by atoms with E-state index < -0.39 is 0 Å². The summed E-state index contributed by atoms with van der Waals surface area (Å²) in [5.41, 5.74) is 0.973. The molecule has 0 saturated carbocycles. The minimum Gasteiger partial charge on any atom is -0.468 e. The lowest BCUT2D eigenvalue weighted by Crippen LogP contribution is -2.41. The average Bonchev–Trinajstić information content (AvgIpc) is 3.05. The van der Waals surface area contributed by atoms with Gasteiger partial charge in [-0.05, 0) is 38.4 Å². The molecule has 2 N–H and O–H groups in total. The molecule has 0 aliphatic rings. The van der Waals surface area contributed by atoms with Crippen molar-refractivity contribution in [2.75, 3.05) is 27.7 Å². The first-order valence-corrected chi connectivity index (χ1v) is 7.25. The molecule has 0 aliphatic heterocycles. The standard InChI is InChI=1S/C16H23N5O/c1-17-16(19-11-13-7-4-5-9-18-13)20-12-14(21(2)3)15-8-6-10-22-15/h4-10,14H,11-12H2,1-3H3,(H2,17,19,20). The van der Waals surface area contributed by atoms with E-state index in [1.54, 1.807) is 19.5 Å². The van der Waals surface area contributed by atoms with Crippen molar-refractivity contribution < 1.29 is 4.42 Å². The van der Waals surface area contributed by atoms with Gasteiger partial charge in [-0.1, -0.05) is 6.07 Å². The van der Waals surface area contributed by atoms with Gasteiger partial charge in [0.2, 0.25) is 0 Å². The van der Waals surface area contributed by atoms with Crippen LogP contribution in [0, 0.1) is 0 Å². The van der Waals surface area contributed by atoms with Gasteiger partial charge in [0.15, 0.2) is 5.96 Å². The van der Waals surface area contributed by atoms with Gasteiger partial charge in [0, 0.05) is 19.8 Å². The third-order valence-electron chi connectivity index (χ3n) is 3.34. The Labute approximate surface area is 131 Å². The van der Waals surface area contributed by atoms with Gasteiger partial charge in [0.05, 0.1) is 24.5 Å². The van der Waals surface area contributed by atoms with Crippen molar-refractivity contribution in [3.05, 3.63) is 54.2 Å². The van der Waals surface area contributed by atoms with Crippen molar-refractivity contribution in [2.24, 2.45) is 4.99 Å². The van der Waals surface area contributed by atoms with E-state index in [-0.39, 0.29) is 6.04 Å². The lowest BCUT2D eigenvalue weighted by molar-refractivity contribution is 0.258. The van der Waals surface area contributed by atoms with Crippen LogP contribution < -0.4 is 10.6 Å². The second-order valence-electron chi connectivity index (χ2n) is 5.12. The first-order chi connectivity index (χ1) is 10.7. The number of pyridine rings is 1. The van der Waals surface area contributed by atoms with Crippen molar-refractivity contribution in [1.82, 2.24) is 20.5 Å². The Morgan fingerprint density at radius 3 is 2.73 bits per heavy atom. The molecule has 0 fully saturated rings. The SMILES string of the molecule is CN=C(NCc1ccccn1)NCC(c1ccco1)N(C)C. The fourth-order valence-corrected chi connectivity index (χ4v) is 2.11. The number of guanidine groups is 1. The van der Waals surface area contributed by atoms with E-state index in [0.717, 1.165) is 17.4 Å². The maximum atomic E-state index is 5.50. The molecule has 0 radical (unpaired) electrons. The molecule has 0 spiro atoms. The van der Waals surface area contributed by atoms with Crippen molar-refractivity contribution in [1.29, 1.82) is 0 Å². The monoisotopic (exact) mass is 301 g/mol. The number of hydrogen-bond acceptors (Lipinski definition) is 4. The molecule has 118 valence electrons. The van der Waals surface area contributed by atoms with Crippen LogP contribution in [0.25, 0.3) is 0 Å². The molecule has 2 heterocycles. The summed E-state index contributed by atoms with van der Waals surface area (Å²) in [7, 11) is 5.81. The third kappa shape index (κ3) is 4.60. The second kappa shape index (κ2) is 8.19. The van der Waals surface area contributed by atoms with Crippen LogP contribution in [0.4, 0.5) is 0 Å². The molecule has 2 aromatic rings. The van der Waals surface area contributed by atoms with Crippen LogP contribution in [0.1, 0.15) is 17.5 Å². The summed E-state index contributed by atoms with van der Waals surface area (Å²) in [6.45, 7) is 1.33. The molecule has 6 heteroatoms. The third-order valence-corrected chi connectivity index (χ3v) is 3.34. The predicted molar refractivity (Wildman–Crippen MR) is 87.6 cm³/mol. The Balaban J connectivity index is 1.87. The van der Waals surface area contributed by atoms with Gasteiger partial charge in [-0.3, -0.25) is 14.9 Å². The van der Waals surface area contributed by atoms with Crippen LogP contribution in [-0.2, 0) is 6.54 Å².